The highest BCUT2D eigenvalue weighted by Crippen LogP contribution is 2.30. The van der Waals surface area contributed by atoms with Crippen LogP contribution in [0.4, 0.5) is 0 Å². The maximum absolute atomic E-state index is 12.6. The van der Waals surface area contributed by atoms with Crippen LogP contribution in [0.15, 0.2) is 83.8 Å². The molecule has 1 atom stereocenters. The largest absolute Gasteiger partial charge is 0.486 e. The fraction of sp³-hybridized carbons (Fsp3) is 0.174. The second-order valence-electron chi connectivity index (χ2n) is 7.05. The second-order valence-corrected chi connectivity index (χ2v) is 8.81. The number of hydrogen-bond donors (Lipinski definition) is 2. The van der Waals surface area contributed by atoms with Crippen LogP contribution in [0.5, 0.6) is 11.5 Å². The third-order valence-corrected chi connectivity index (χ3v) is 6.17. The van der Waals surface area contributed by atoms with Gasteiger partial charge in [0, 0.05) is 12.1 Å². The molecule has 1 heterocycles. The zero-order valence-corrected chi connectivity index (χ0v) is 17.5. The summed E-state index contributed by atoms with van der Waals surface area (Å²) in [7, 11) is -3.76. The molecule has 3 aromatic carbocycles. The number of rotatable bonds is 7. The summed E-state index contributed by atoms with van der Waals surface area (Å²) in [6.45, 7) is 0.714. The smallest absolute Gasteiger partial charge is 0.251 e. The molecule has 0 saturated heterocycles. The van der Waals surface area contributed by atoms with Gasteiger partial charge >= 0.3 is 0 Å². The van der Waals surface area contributed by atoms with E-state index in [1.54, 1.807) is 18.2 Å². The van der Waals surface area contributed by atoms with Crippen LogP contribution in [0.1, 0.15) is 15.9 Å². The summed E-state index contributed by atoms with van der Waals surface area (Å²) in [5, 5.41) is 2.78. The number of carbonyl (C=O) groups excluding carboxylic acids is 1. The van der Waals surface area contributed by atoms with Crippen LogP contribution in [-0.2, 0) is 16.6 Å². The third kappa shape index (κ3) is 5.22. The molecule has 1 unspecified atom stereocenters. The van der Waals surface area contributed by atoms with E-state index < -0.39 is 10.0 Å². The summed E-state index contributed by atoms with van der Waals surface area (Å²) in [5.74, 6) is 0.916. The molecule has 0 aliphatic carbocycles. The van der Waals surface area contributed by atoms with Crippen molar-refractivity contribution in [2.75, 3.05) is 13.2 Å². The van der Waals surface area contributed by atoms with E-state index in [9.17, 15) is 13.2 Å². The molecule has 0 saturated carbocycles. The highest BCUT2D eigenvalue weighted by Gasteiger charge is 2.22. The highest BCUT2D eigenvalue weighted by molar-refractivity contribution is 7.89. The SMILES string of the molecule is O=C(NCC1COc2ccccc2O1)c1cccc(S(=O)(=O)NCc2ccccc2)c1. The summed E-state index contributed by atoms with van der Waals surface area (Å²) in [5.41, 5.74) is 1.09. The Kier molecular flexibility index (Phi) is 6.20. The first kappa shape index (κ1) is 20.9. The quantitative estimate of drug-likeness (QED) is 0.592. The van der Waals surface area contributed by atoms with Crippen LogP contribution in [-0.4, -0.2) is 33.6 Å². The monoisotopic (exact) mass is 438 g/mol. The van der Waals surface area contributed by atoms with Gasteiger partial charge in [0.25, 0.3) is 5.91 Å². The lowest BCUT2D eigenvalue weighted by atomic mass is 10.2. The number of para-hydroxylation sites is 2. The van der Waals surface area contributed by atoms with Gasteiger partial charge in [-0.3, -0.25) is 4.79 Å². The van der Waals surface area contributed by atoms with E-state index in [1.165, 1.54) is 12.1 Å². The standard InChI is InChI=1S/C23H22N2O5S/c26-23(24-15-19-16-29-21-11-4-5-12-22(21)30-19)18-9-6-10-20(13-18)31(27,28)25-14-17-7-2-1-3-8-17/h1-13,19,25H,14-16H2,(H,24,26). The normalized spacial score (nSPS) is 15.3. The minimum Gasteiger partial charge on any atom is -0.486 e. The fourth-order valence-electron chi connectivity index (χ4n) is 3.13. The van der Waals surface area contributed by atoms with Gasteiger partial charge in [0.1, 0.15) is 12.7 Å². The van der Waals surface area contributed by atoms with Crippen molar-refractivity contribution in [3.63, 3.8) is 0 Å². The van der Waals surface area contributed by atoms with Crippen LogP contribution in [0.3, 0.4) is 0 Å². The van der Waals surface area contributed by atoms with E-state index in [-0.39, 0.29) is 35.6 Å². The minimum absolute atomic E-state index is 0.0299. The van der Waals surface area contributed by atoms with Crippen LogP contribution in [0.25, 0.3) is 0 Å². The Morgan fingerprint density at radius 1 is 0.935 bits per heavy atom. The first-order valence-electron chi connectivity index (χ1n) is 9.81. The second kappa shape index (κ2) is 9.20. The number of ether oxygens (including phenoxy) is 2. The zero-order valence-electron chi connectivity index (χ0n) is 16.7. The molecule has 0 spiro atoms. The van der Waals surface area contributed by atoms with Crippen molar-refractivity contribution in [3.8, 4) is 11.5 Å². The molecule has 31 heavy (non-hydrogen) atoms. The average Bonchev–Trinajstić information content (AvgIpc) is 2.82. The molecule has 2 N–H and O–H groups in total. The first-order chi connectivity index (χ1) is 15.0. The lowest BCUT2D eigenvalue weighted by Gasteiger charge is -2.26. The molecule has 0 bridgehead atoms. The molecule has 8 heteroatoms. The number of benzene rings is 3. The van der Waals surface area contributed by atoms with E-state index in [0.717, 1.165) is 5.56 Å². The molecule has 4 rings (SSSR count). The van der Waals surface area contributed by atoms with Gasteiger partial charge in [-0.05, 0) is 35.9 Å². The van der Waals surface area contributed by atoms with Gasteiger partial charge in [-0.2, -0.15) is 0 Å². The summed E-state index contributed by atoms with van der Waals surface area (Å²) in [4.78, 5) is 12.6. The number of hydrogen-bond acceptors (Lipinski definition) is 5. The topological polar surface area (TPSA) is 93.7 Å². The summed E-state index contributed by atoms with van der Waals surface area (Å²) >= 11 is 0. The third-order valence-electron chi connectivity index (χ3n) is 4.77. The molecule has 0 radical (unpaired) electrons. The predicted molar refractivity (Wildman–Crippen MR) is 116 cm³/mol. The first-order valence-corrected chi connectivity index (χ1v) is 11.3. The van der Waals surface area contributed by atoms with Gasteiger partial charge in [0.15, 0.2) is 11.5 Å². The van der Waals surface area contributed by atoms with Crippen LogP contribution >= 0.6 is 0 Å². The molecule has 0 fully saturated rings. The van der Waals surface area contributed by atoms with Crippen molar-refractivity contribution in [1.82, 2.24) is 10.0 Å². The summed E-state index contributed by atoms with van der Waals surface area (Å²) < 4.78 is 39.3. The van der Waals surface area contributed by atoms with Gasteiger partial charge in [-0.1, -0.05) is 48.5 Å². The van der Waals surface area contributed by atoms with Gasteiger partial charge in [-0.25, -0.2) is 13.1 Å². The molecule has 1 amide bonds. The Hall–Kier alpha value is -3.36. The van der Waals surface area contributed by atoms with Crippen molar-refractivity contribution in [1.29, 1.82) is 0 Å². The molecule has 1 aliphatic heterocycles. The molecule has 7 nitrogen and oxygen atoms in total. The van der Waals surface area contributed by atoms with Crippen LogP contribution < -0.4 is 19.5 Å². The van der Waals surface area contributed by atoms with Crippen molar-refractivity contribution in [2.45, 2.75) is 17.5 Å². The highest BCUT2D eigenvalue weighted by atomic mass is 32.2. The lowest BCUT2D eigenvalue weighted by Crippen LogP contribution is -2.40. The summed E-state index contributed by atoms with van der Waals surface area (Å²) in [6, 6.07) is 22.5. The Balaban J connectivity index is 1.37. The van der Waals surface area contributed by atoms with Crippen molar-refractivity contribution >= 4 is 15.9 Å². The van der Waals surface area contributed by atoms with Gasteiger partial charge in [0.05, 0.1) is 11.4 Å². The summed E-state index contributed by atoms with van der Waals surface area (Å²) in [6.07, 6.45) is -0.335. The lowest BCUT2D eigenvalue weighted by molar-refractivity contribution is 0.0789. The van der Waals surface area contributed by atoms with E-state index >= 15 is 0 Å². The van der Waals surface area contributed by atoms with Gasteiger partial charge in [-0.15, -0.1) is 0 Å². The Labute approximate surface area is 181 Å². The zero-order chi connectivity index (χ0) is 21.7. The number of nitrogens with one attached hydrogen (secondary N) is 2. The molecular weight excluding hydrogens is 416 g/mol. The number of amides is 1. The van der Waals surface area contributed by atoms with Gasteiger partial charge in [0.2, 0.25) is 10.0 Å². The molecule has 1 aliphatic rings. The molecule has 0 aromatic heterocycles. The fourth-order valence-corrected chi connectivity index (χ4v) is 4.20. The number of carbonyl (C=O) groups is 1. The van der Waals surface area contributed by atoms with E-state index in [0.29, 0.717) is 18.1 Å². The van der Waals surface area contributed by atoms with Crippen LogP contribution in [0.2, 0.25) is 0 Å². The predicted octanol–water partition coefficient (Wildman–Crippen LogP) is 2.73. The maximum atomic E-state index is 12.6. The Morgan fingerprint density at radius 3 is 2.48 bits per heavy atom. The number of fused-ring (bicyclic) bond motifs is 1. The van der Waals surface area contributed by atoms with Crippen molar-refractivity contribution in [2.24, 2.45) is 0 Å². The number of sulfonamides is 1. The van der Waals surface area contributed by atoms with E-state index in [4.69, 9.17) is 9.47 Å². The van der Waals surface area contributed by atoms with E-state index in [2.05, 4.69) is 10.0 Å². The van der Waals surface area contributed by atoms with Crippen molar-refractivity contribution in [3.05, 3.63) is 90.0 Å². The maximum Gasteiger partial charge on any atom is 0.251 e. The molecule has 160 valence electrons. The Bertz CT molecular complexity index is 1170. The van der Waals surface area contributed by atoms with E-state index in [1.807, 2.05) is 48.5 Å². The Morgan fingerprint density at radius 2 is 1.68 bits per heavy atom. The minimum atomic E-state index is -3.76. The van der Waals surface area contributed by atoms with Crippen LogP contribution in [0, 0.1) is 0 Å². The molecular formula is C23H22N2O5S. The van der Waals surface area contributed by atoms with Gasteiger partial charge < -0.3 is 14.8 Å². The van der Waals surface area contributed by atoms with Crippen molar-refractivity contribution < 1.29 is 22.7 Å². The average molecular weight is 439 g/mol. The molecule has 3 aromatic rings.